The average molecular weight is 856 g/mol. The minimum atomic E-state index is -4.46. The van der Waals surface area contributed by atoms with Gasteiger partial charge in [0.2, 0.25) is 35.5 Å². The summed E-state index contributed by atoms with van der Waals surface area (Å²) in [6.07, 6.45) is 7.38. The fraction of sp³-hybridized carbons (Fsp3) is 0.614. The summed E-state index contributed by atoms with van der Waals surface area (Å²) in [4.78, 5) is 60.4. The standard InChI is InChI=1S/C22H26F3N5O2.C22H26N6O2/c23-22(24,25)12-18(31)29-11-10-21(13-29)8-6-14(7-9-21)16-2-1-3-17-26-20(28-30(16)17)27-19(32)15-4-5-15;23-12-8-19(29)27-13-11-22(14-27)9-6-15(7-10-22)17-2-1-3-18-24-21(26-28(17)18)25-20(30)16-4-5-16/h1-3,14-15H,4-13H2,(H,27,28,32);1-3,15-16H,4-11,13-14H2,(H,25,26,30). The van der Waals surface area contributed by atoms with Crippen molar-refractivity contribution in [2.75, 3.05) is 36.8 Å². The summed E-state index contributed by atoms with van der Waals surface area (Å²) in [5.41, 5.74) is 3.71. The molecule has 2 saturated heterocycles. The normalized spacial score (nSPS) is 26.1. The number of amides is 4. The molecule has 4 aliphatic carbocycles. The van der Waals surface area contributed by atoms with Crippen LogP contribution in [0.2, 0.25) is 0 Å². The van der Waals surface area contributed by atoms with E-state index in [1.54, 1.807) is 4.52 Å². The predicted octanol–water partition coefficient (Wildman–Crippen LogP) is 6.77. The highest BCUT2D eigenvalue weighted by Crippen LogP contribution is 2.50. The van der Waals surface area contributed by atoms with Gasteiger partial charge < -0.3 is 9.80 Å². The third-order valence-electron chi connectivity index (χ3n) is 14.2. The molecule has 15 nitrogen and oxygen atoms in total. The van der Waals surface area contributed by atoms with Crippen molar-refractivity contribution < 1.29 is 32.3 Å². The molecule has 6 fully saturated rings. The van der Waals surface area contributed by atoms with E-state index in [2.05, 4.69) is 36.9 Å². The molecule has 4 aromatic heterocycles. The molecule has 18 heteroatoms. The Morgan fingerprint density at radius 1 is 0.661 bits per heavy atom. The third kappa shape index (κ3) is 9.12. The Labute approximate surface area is 356 Å². The first-order valence-corrected chi connectivity index (χ1v) is 22.1. The molecule has 328 valence electrons. The zero-order valence-electron chi connectivity index (χ0n) is 34.7. The quantitative estimate of drug-likeness (QED) is 0.193. The Morgan fingerprint density at radius 3 is 1.50 bits per heavy atom. The summed E-state index contributed by atoms with van der Waals surface area (Å²) < 4.78 is 41.4. The van der Waals surface area contributed by atoms with E-state index < -0.39 is 18.5 Å². The van der Waals surface area contributed by atoms with Crippen molar-refractivity contribution in [3.63, 3.8) is 0 Å². The second kappa shape index (κ2) is 16.6. The second-order valence-electron chi connectivity index (χ2n) is 18.6. The number of pyridine rings is 2. The minimum Gasteiger partial charge on any atom is -0.342 e. The molecule has 10 rings (SSSR count). The maximum atomic E-state index is 12.6. The van der Waals surface area contributed by atoms with Crippen LogP contribution >= 0.6 is 0 Å². The maximum Gasteiger partial charge on any atom is 0.397 e. The van der Waals surface area contributed by atoms with Crippen molar-refractivity contribution in [1.29, 1.82) is 5.26 Å². The van der Waals surface area contributed by atoms with Crippen LogP contribution < -0.4 is 10.6 Å². The number of nitrogens with zero attached hydrogens (tertiary/aromatic N) is 9. The van der Waals surface area contributed by atoms with Crippen LogP contribution in [-0.2, 0) is 19.2 Å². The number of rotatable bonds is 8. The van der Waals surface area contributed by atoms with E-state index >= 15 is 0 Å². The molecule has 0 unspecified atom stereocenters. The number of nitriles is 1. The van der Waals surface area contributed by atoms with Crippen molar-refractivity contribution in [2.24, 2.45) is 22.7 Å². The Balaban J connectivity index is 0.000000158. The van der Waals surface area contributed by atoms with Crippen LogP contribution in [0.4, 0.5) is 25.1 Å². The summed E-state index contributed by atoms with van der Waals surface area (Å²) in [5, 5.41) is 23.5. The van der Waals surface area contributed by atoms with E-state index in [4.69, 9.17) is 5.26 Å². The van der Waals surface area contributed by atoms with E-state index in [0.29, 0.717) is 36.6 Å². The number of likely N-dealkylation sites (tertiary alicyclic amines) is 2. The van der Waals surface area contributed by atoms with Gasteiger partial charge in [-0.15, -0.1) is 10.2 Å². The Bertz CT molecular complexity index is 2400. The molecule has 2 aliphatic heterocycles. The zero-order chi connectivity index (χ0) is 43.2. The van der Waals surface area contributed by atoms with E-state index in [1.165, 1.54) is 4.90 Å². The first-order valence-electron chi connectivity index (χ1n) is 22.1. The first kappa shape index (κ1) is 41.7. The molecule has 0 radical (unpaired) electrons. The molecule has 2 N–H and O–H groups in total. The smallest absolute Gasteiger partial charge is 0.342 e. The Hall–Kier alpha value is -5.60. The van der Waals surface area contributed by atoms with Gasteiger partial charge in [0.15, 0.2) is 11.3 Å². The second-order valence-corrected chi connectivity index (χ2v) is 18.6. The number of carbonyl (C=O) groups is 4. The van der Waals surface area contributed by atoms with Crippen LogP contribution in [-0.4, -0.2) is 95.0 Å². The molecule has 2 spiro atoms. The molecule has 4 amide bonds. The third-order valence-corrected chi connectivity index (χ3v) is 14.2. The van der Waals surface area contributed by atoms with Gasteiger partial charge in [0.1, 0.15) is 12.8 Å². The van der Waals surface area contributed by atoms with Gasteiger partial charge in [-0.25, -0.2) is 9.03 Å². The van der Waals surface area contributed by atoms with Gasteiger partial charge >= 0.3 is 6.18 Å². The number of halogens is 3. The number of aromatic nitrogens is 6. The van der Waals surface area contributed by atoms with E-state index in [9.17, 15) is 32.3 Å². The Kier molecular flexibility index (Phi) is 11.2. The number of hydrogen-bond donors (Lipinski definition) is 2. The fourth-order valence-corrected chi connectivity index (χ4v) is 10.3. The molecular formula is C44H52F3N11O4. The average Bonchev–Trinajstić information content (AvgIpc) is 4.12. The lowest BCUT2D eigenvalue weighted by Gasteiger charge is -2.37. The highest BCUT2D eigenvalue weighted by Gasteiger charge is 2.45. The molecule has 0 bridgehead atoms. The van der Waals surface area contributed by atoms with Gasteiger partial charge in [-0.05, 0) is 125 Å². The number of carbonyl (C=O) groups excluding carboxylic acids is 4. The minimum absolute atomic E-state index is 0.0174. The zero-order valence-corrected chi connectivity index (χ0v) is 34.7. The SMILES string of the molecule is N#CCC(=O)N1CCC2(CCC(c3cccc4nc(NC(=O)C5CC5)nn34)CC2)C1.O=C(Nc1nc2cccc(C3CCC4(CC3)CCN(C(=O)CC(F)(F)F)C4)n2n1)C1CC1. The van der Waals surface area contributed by atoms with E-state index in [1.807, 2.05) is 45.8 Å². The van der Waals surface area contributed by atoms with Crippen molar-refractivity contribution in [2.45, 2.75) is 121 Å². The largest absolute Gasteiger partial charge is 0.397 e. The van der Waals surface area contributed by atoms with Gasteiger partial charge in [0, 0.05) is 61.2 Å². The van der Waals surface area contributed by atoms with Crippen LogP contribution in [0.3, 0.4) is 0 Å². The monoisotopic (exact) mass is 855 g/mol. The van der Waals surface area contributed by atoms with E-state index in [-0.39, 0.29) is 52.7 Å². The molecule has 4 aromatic rings. The number of alkyl halides is 3. The van der Waals surface area contributed by atoms with Crippen LogP contribution in [0.5, 0.6) is 0 Å². The summed E-state index contributed by atoms with van der Waals surface area (Å²) in [6, 6.07) is 13.8. The molecule has 6 heterocycles. The molecule has 6 aliphatic rings. The Morgan fingerprint density at radius 2 is 1.10 bits per heavy atom. The number of nitrogens with one attached hydrogen (secondary N) is 2. The van der Waals surface area contributed by atoms with Crippen molar-refractivity contribution in [3.05, 3.63) is 47.8 Å². The van der Waals surface area contributed by atoms with Gasteiger partial charge in [0.05, 0.1) is 6.07 Å². The lowest BCUT2D eigenvalue weighted by atomic mass is 9.69. The van der Waals surface area contributed by atoms with Crippen molar-refractivity contribution in [3.8, 4) is 6.07 Å². The molecule has 4 saturated carbocycles. The van der Waals surface area contributed by atoms with Gasteiger partial charge in [0.25, 0.3) is 0 Å². The van der Waals surface area contributed by atoms with Crippen molar-refractivity contribution in [1.82, 2.24) is 39.0 Å². The number of hydrogen-bond acceptors (Lipinski definition) is 9. The lowest BCUT2D eigenvalue weighted by Crippen LogP contribution is -2.36. The highest BCUT2D eigenvalue weighted by molar-refractivity contribution is 5.93. The van der Waals surface area contributed by atoms with Crippen molar-refractivity contribution >= 4 is 46.8 Å². The number of anilines is 2. The van der Waals surface area contributed by atoms with Crippen LogP contribution in [0, 0.1) is 34.0 Å². The molecule has 0 aromatic carbocycles. The predicted molar refractivity (Wildman–Crippen MR) is 219 cm³/mol. The fourth-order valence-electron chi connectivity index (χ4n) is 10.3. The number of fused-ring (bicyclic) bond motifs is 2. The van der Waals surface area contributed by atoms with E-state index in [0.717, 1.165) is 120 Å². The first-order chi connectivity index (χ1) is 29.8. The topological polar surface area (TPSA) is 183 Å². The molecule has 62 heavy (non-hydrogen) atoms. The summed E-state index contributed by atoms with van der Waals surface area (Å²) in [7, 11) is 0. The van der Waals surface area contributed by atoms with Crippen LogP contribution in [0.15, 0.2) is 36.4 Å². The summed E-state index contributed by atoms with van der Waals surface area (Å²) in [5.74, 6) is 0.660. The van der Waals surface area contributed by atoms with Crippen LogP contribution in [0.1, 0.15) is 126 Å². The van der Waals surface area contributed by atoms with Gasteiger partial charge in [-0.2, -0.15) is 28.4 Å². The maximum absolute atomic E-state index is 12.6. The van der Waals surface area contributed by atoms with Crippen LogP contribution in [0.25, 0.3) is 11.3 Å². The summed E-state index contributed by atoms with van der Waals surface area (Å²) in [6.45, 7) is 2.38. The highest BCUT2D eigenvalue weighted by atomic mass is 19.4. The lowest BCUT2D eigenvalue weighted by molar-refractivity contribution is -0.161. The summed E-state index contributed by atoms with van der Waals surface area (Å²) >= 11 is 0. The molecule has 0 atom stereocenters. The van der Waals surface area contributed by atoms with Gasteiger partial charge in [-0.1, -0.05) is 12.1 Å². The van der Waals surface area contributed by atoms with Gasteiger partial charge in [-0.3, -0.25) is 29.8 Å². The molecular weight excluding hydrogens is 804 g/mol.